The molecule has 174 valence electrons. The lowest BCUT2D eigenvalue weighted by Crippen LogP contribution is -2.34. The molecule has 4 rings (SSSR count). The standard InChI is InChI=1S/C27H27FN4O2/c1-3-5-21(4-2)29-27(34)19-10-15-23-24(16-19)32-25(31-23)17-8-13-22(14-9-17)30-26(33)18-6-11-20(28)12-7-18/h6-16,21H,3-5H2,1-2H3,(H,29,34)(H,30,33)(H,31,32). The van der Waals surface area contributed by atoms with Crippen molar-refractivity contribution in [3.8, 4) is 11.4 Å². The van der Waals surface area contributed by atoms with Gasteiger partial charge in [-0.15, -0.1) is 0 Å². The number of halogens is 1. The van der Waals surface area contributed by atoms with Crippen LogP contribution in [0, 0.1) is 5.82 Å². The molecular formula is C27H27FN4O2. The zero-order chi connectivity index (χ0) is 24.1. The molecule has 1 atom stereocenters. The number of hydrogen-bond acceptors (Lipinski definition) is 3. The summed E-state index contributed by atoms with van der Waals surface area (Å²) in [4.78, 5) is 32.9. The summed E-state index contributed by atoms with van der Waals surface area (Å²) >= 11 is 0. The van der Waals surface area contributed by atoms with E-state index >= 15 is 0 Å². The van der Waals surface area contributed by atoms with E-state index in [1.54, 1.807) is 18.2 Å². The first-order chi connectivity index (χ1) is 16.5. The Hall–Kier alpha value is -4.00. The van der Waals surface area contributed by atoms with Crippen LogP contribution in [0.15, 0.2) is 66.7 Å². The summed E-state index contributed by atoms with van der Waals surface area (Å²) in [5.74, 6) is -0.117. The maximum Gasteiger partial charge on any atom is 0.255 e. The minimum atomic E-state index is -0.388. The molecule has 2 amide bonds. The molecule has 0 spiro atoms. The quantitative estimate of drug-likeness (QED) is 0.306. The van der Waals surface area contributed by atoms with Crippen molar-refractivity contribution in [2.24, 2.45) is 0 Å². The normalized spacial score (nSPS) is 11.9. The zero-order valence-electron chi connectivity index (χ0n) is 19.2. The molecule has 1 heterocycles. The Morgan fingerprint density at radius 1 is 0.941 bits per heavy atom. The van der Waals surface area contributed by atoms with Gasteiger partial charge >= 0.3 is 0 Å². The number of amides is 2. The number of carbonyl (C=O) groups excluding carboxylic acids is 2. The Morgan fingerprint density at radius 2 is 1.65 bits per heavy atom. The summed E-state index contributed by atoms with van der Waals surface area (Å²) in [5.41, 5.74) is 3.97. The fourth-order valence-electron chi connectivity index (χ4n) is 3.80. The van der Waals surface area contributed by atoms with Gasteiger partial charge in [0.05, 0.1) is 11.0 Å². The van der Waals surface area contributed by atoms with Crippen LogP contribution in [0.5, 0.6) is 0 Å². The lowest BCUT2D eigenvalue weighted by Gasteiger charge is -2.15. The maximum atomic E-state index is 13.1. The fraction of sp³-hybridized carbons (Fsp3) is 0.222. The van der Waals surface area contributed by atoms with Crippen molar-refractivity contribution in [2.75, 3.05) is 5.32 Å². The number of aromatic amines is 1. The van der Waals surface area contributed by atoms with Crippen LogP contribution in [0.3, 0.4) is 0 Å². The van der Waals surface area contributed by atoms with Crippen LogP contribution in [0.1, 0.15) is 53.8 Å². The summed E-state index contributed by atoms with van der Waals surface area (Å²) in [5, 5.41) is 5.89. The monoisotopic (exact) mass is 458 g/mol. The average molecular weight is 459 g/mol. The van der Waals surface area contributed by atoms with Gasteiger partial charge in [0.25, 0.3) is 11.8 Å². The molecular weight excluding hydrogens is 431 g/mol. The van der Waals surface area contributed by atoms with Crippen LogP contribution in [0.25, 0.3) is 22.4 Å². The van der Waals surface area contributed by atoms with Crippen molar-refractivity contribution in [1.82, 2.24) is 15.3 Å². The topological polar surface area (TPSA) is 86.9 Å². The van der Waals surface area contributed by atoms with E-state index in [2.05, 4.69) is 34.4 Å². The van der Waals surface area contributed by atoms with Gasteiger partial charge in [-0.3, -0.25) is 9.59 Å². The van der Waals surface area contributed by atoms with Crippen molar-refractivity contribution >= 4 is 28.5 Å². The molecule has 0 saturated heterocycles. The van der Waals surface area contributed by atoms with Crippen molar-refractivity contribution in [3.63, 3.8) is 0 Å². The SMILES string of the molecule is CCCC(CC)NC(=O)c1ccc2nc(-c3ccc(NC(=O)c4ccc(F)cc4)cc3)[nH]c2c1. The van der Waals surface area contributed by atoms with Gasteiger partial charge in [-0.2, -0.15) is 0 Å². The van der Waals surface area contributed by atoms with Crippen LogP contribution in [0.4, 0.5) is 10.1 Å². The molecule has 0 saturated carbocycles. The number of aromatic nitrogens is 2. The highest BCUT2D eigenvalue weighted by Gasteiger charge is 2.14. The molecule has 0 aliphatic carbocycles. The number of carbonyl (C=O) groups is 2. The minimum Gasteiger partial charge on any atom is -0.349 e. The molecule has 0 fully saturated rings. The lowest BCUT2D eigenvalue weighted by atomic mass is 10.1. The number of imidazole rings is 1. The summed E-state index contributed by atoms with van der Waals surface area (Å²) in [7, 11) is 0. The highest BCUT2D eigenvalue weighted by molar-refractivity contribution is 6.04. The van der Waals surface area contributed by atoms with Crippen LogP contribution in [0.2, 0.25) is 0 Å². The fourth-order valence-corrected chi connectivity index (χ4v) is 3.80. The third-order valence-electron chi connectivity index (χ3n) is 5.73. The van der Waals surface area contributed by atoms with Crippen molar-refractivity contribution in [1.29, 1.82) is 0 Å². The summed E-state index contributed by atoms with van der Waals surface area (Å²) < 4.78 is 13.1. The molecule has 6 nitrogen and oxygen atoms in total. The van der Waals surface area contributed by atoms with E-state index in [1.165, 1.54) is 24.3 Å². The Morgan fingerprint density at radius 3 is 2.32 bits per heavy atom. The first-order valence-electron chi connectivity index (χ1n) is 11.4. The molecule has 7 heteroatoms. The van der Waals surface area contributed by atoms with Crippen molar-refractivity contribution < 1.29 is 14.0 Å². The second kappa shape index (κ2) is 10.3. The molecule has 34 heavy (non-hydrogen) atoms. The van der Waals surface area contributed by atoms with Gasteiger partial charge in [0.15, 0.2) is 0 Å². The van der Waals surface area contributed by atoms with E-state index in [-0.39, 0.29) is 23.7 Å². The Kier molecular flexibility index (Phi) is 7.01. The lowest BCUT2D eigenvalue weighted by molar-refractivity contribution is 0.0933. The smallest absolute Gasteiger partial charge is 0.255 e. The number of anilines is 1. The third kappa shape index (κ3) is 5.31. The predicted octanol–water partition coefficient (Wildman–Crippen LogP) is 5.93. The third-order valence-corrected chi connectivity index (χ3v) is 5.73. The highest BCUT2D eigenvalue weighted by Crippen LogP contribution is 2.23. The van der Waals surface area contributed by atoms with Crippen LogP contribution in [-0.4, -0.2) is 27.8 Å². The largest absolute Gasteiger partial charge is 0.349 e. The van der Waals surface area contributed by atoms with E-state index < -0.39 is 0 Å². The highest BCUT2D eigenvalue weighted by atomic mass is 19.1. The number of H-pyrrole nitrogens is 1. The van der Waals surface area contributed by atoms with Crippen molar-refractivity contribution in [2.45, 2.75) is 39.2 Å². The molecule has 0 aliphatic heterocycles. The second-order valence-electron chi connectivity index (χ2n) is 8.22. The summed E-state index contributed by atoms with van der Waals surface area (Å²) in [6, 6.07) is 18.3. The summed E-state index contributed by atoms with van der Waals surface area (Å²) in [6.45, 7) is 4.18. The van der Waals surface area contributed by atoms with E-state index in [4.69, 9.17) is 0 Å². The second-order valence-corrected chi connectivity index (χ2v) is 8.22. The van der Waals surface area contributed by atoms with E-state index in [0.29, 0.717) is 22.6 Å². The van der Waals surface area contributed by atoms with Gasteiger partial charge < -0.3 is 15.6 Å². The van der Waals surface area contributed by atoms with Crippen molar-refractivity contribution in [3.05, 3.63) is 83.7 Å². The van der Waals surface area contributed by atoms with E-state index in [9.17, 15) is 14.0 Å². The molecule has 4 aromatic rings. The number of hydrogen-bond donors (Lipinski definition) is 3. The van der Waals surface area contributed by atoms with Crippen LogP contribution < -0.4 is 10.6 Å². The number of benzene rings is 3. The zero-order valence-corrected chi connectivity index (χ0v) is 19.2. The van der Waals surface area contributed by atoms with Crippen LogP contribution in [-0.2, 0) is 0 Å². The first kappa shape index (κ1) is 23.2. The molecule has 0 radical (unpaired) electrons. The number of rotatable bonds is 8. The number of fused-ring (bicyclic) bond motifs is 1. The van der Waals surface area contributed by atoms with Gasteiger partial charge in [-0.05, 0) is 79.6 Å². The average Bonchev–Trinajstić information content (AvgIpc) is 3.28. The van der Waals surface area contributed by atoms with Gasteiger partial charge in [-0.1, -0.05) is 20.3 Å². The maximum absolute atomic E-state index is 13.1. The summed E-state index contributed by atoms with van der Waals surface area (Å²) in [6.07, 6.45) is 2.88. The number of nitrogens with zero attached hydrogens (tertiary/aromatic N) is 1. The van der Waals surface area contributed by atoms with Gasteiger partial charge in [0.2, 0.25) is 0 Å². The van der Waals surface area contributed by atoms with E-state index in [1.807, 2.05) is 24.3 Å². The molecule has 1 unspecified atom stereocenters. The molecule has 0 bridgehead atoms. The predicted molar refractivity (Wildman–Crippen MR) is 132 cm³/mol. The van der Waals surface area contributed by atoms with Gasteiger partial charge in [0.1, 0.15) is 11.6 Å². The number of nitrogens with one attached hydrogen (secondary N) is 3. The van der Waals surface area contributed by atoms with Gasteiger partial charge in [-0.25, -0.2) is 9.37 Å². The van der Waals surface area contributed by atoms with Crippen LogP contribution >= 0.6 is 0 Å². The Bertz CT molecular complexity index is 1300. The minimum absolute atomic E-state index is 0.0837. The molecule has 1 aromatic heterocycles. The Labute approximate surface area is 197 Å². The van der Waals surface area contributed by atoms with Gasteiger partial charge in [0, 0.05) is 28.4 Å². The first-order valence-corrected chi connectivity index (χ1v) is 11.4. The molecule has 0 aliphatic rings. The molecule has 3 aromatic carbocycles. The Balaban J connectivity index is 1.47. The molecule has 3 N–H and O–H groups in total. The van der Waals surface area contributed by atoms with E-state index in [0.717, 1.165) is 35.9 Å².